The third-order valence-corrected chi connectivity index (χ3v) is 2.93. The molecule has 62 valence electrons. The maximum absolute atomic E-state index is 12.6. The van der Waals surface area contributed by atoms with E-state index in [1.54, 1.807) is 5.38 Å². The molecule has 1 rings (SSSR count). The van der Waals surface area contributed by atoms with Crippen molar-refractivity contribution in [1.82, 2.24) is 0 Å². The van der Waals surface area contributed by atoms with Crippen molar-refractivity contribution in [2.24, 2.45) is 0 Å². The Morgan fingerprint density at radius 1 is 1.64 bits per heavy atom. The van der Waals surface area contributed by atoms with Crippen LogP contribution < -0.4 is 0 Å². The molecule has 0 saturated heterocycles. The maximum Gasteiger partial charge on any atom is 0.304 e. The minimum atomic E-state index is -3.10. The van der Waals surface area contributed by atoms with Gasteiger partial charge in [-0.15, -0.1) is 11.3 Å². The van der Waals surface area contributed by atoms with E-state index in [1.165, 1.54) is 6.07 Å². The lowest BCUT2D eigenvalue weighted by atomic mass is 10.3. The average molecular weight is 243 g/mol. The van der Waals surface area contributed by atoms with Crippen molar-refractivity contribution in [2.45, 2.75) is 5.92 Å². The second kappa shape index (κ2) is 3.16. The zero-order chi connectivity index (χ0) is 8.48. The fraction of sp³-hybridized carbons (Fsp3) is 0.333. The summed E-state index contributed by atoms with van der Waals surface area (Å²) in [6.07, 6.45) is 0. The van der Waals surface area contributed by atoms with Crippen molar-refractivity contribution < 1.29 is 13.9 Å². The van der Waals surface area contributed by atoms with E-state index < -0.39 is 12.5 Å². The molecule has 0 radical (unpaired) electrons. The van der Waals surface area contributed by atoms with Gasteiger partial charge in [-0.1, -0.05) is 0 Å². The lowest BCUT2D eigenvalue weighted by Crippen LogP contribution is -2.16. The van der Waals surface area contributed by atoms with Crippen LogP contribution in [0, 0.1) is 0 Å². The van der Waals surface area contributed by atoms with Crippen LogP contribution in [-0.2, 0) is 5.92 Å². The zero-order valence-corrected chi connectivity index (χ0v) is 7.75. The van der Waals surface area contributed by atoms with Gasteiger partial charge >= 0.3 is 5.92 Å². The van der Waals surface area contributed by atoms with Gasteiger partial charge in [0.05, 0.1) is 4.88 Å². The zero-order valence-electron chi connectivity index (χ0n) is 5.35. The van der Waals surface area contributed by atoms with Gasteiger partial charge in [-0.2, -0.15) is 8.78 Å². The van der Waals surface area contributed by atoms with Crippen molar-refractivity contribution in [1.29, 1.82) is 0 Å². The Bertz CT molecular complexity index is 248. The quantitative estimate of drug-likeness (QED) is 0.846. The van der Waals surface area contributed by atoms with Crippen LogP contribution in [-0.4, -0.2) is 11.7 Å². The van der Waals surface area contributed by atoms with Gasteiger partial charge in [0.25, 0.3) is 0 Å². The summed E-state index contributed by atoms with van der Waals surface area (Å²) in [5.41, 5.74) is 0. The number of aliphatic hydroxyl groups is 1. The molecule has 1 aromatic rings. The van der Waals surface area contributed by atoms with Gasteiger partial charge in [-0.25, -0.2) is 0 Å². The lowest BCUT2D eigenvalue weighted by Gasteiger charge is -2.09. The molecule has 0 saturated carbocycles. The van der Waals surface area contributed by atoms with Gasteiger partial charge in [-0.05, 0) is 22.0 Å². The summed E-state index contributed by atoms with van der Waals surface area (Å²) in [5.74, 6) is -3.10. The van der Waals surface area contributed by atoms with Gasteiger partial charge in [0.2, 0.25) is 0 Å². The first-order chi connectivity index (χ1) is 5.06. The summed E-state index contributed by atoms with van der Waals surface area (Å²) in [5, 5.41) is 9.85. The fourth-order valence-electron chi connectivity index (χ4n) is 0.583. The second-order valence-corrected chi connectivity index (χ2v) is 3.82. The van der Waals surface area contributed by atoms with Gasteiger partial charge in [0.15, 0.2) is 0 Å². The molecule has 0 aromatic carbocycles. The molecular weight excluding hydrogens is 238 g/mol. The van der Waals surface area contributed by atoms with Crippen LogP contribution in [0.3, 0.4) is 0 Å². The van der Waals surface area contributed by atoms with E-state index in [0.29, 0.717) is 4.47 Å². The largest absolute Gasteiger partial charge is 0.390 e. The predicted molar refractivity (Wildman–Crippen MR) is 43.0 cm³/mol. The number of thiophene rings is 1. The minimum Gasteiger partial charge on any atom is -0.390 e. The van der Waals surface area contributed by atoms with E-state index in [9.17, 15) is 8.78 Å². The van der Waals surface area contributed by atoms with E-state index in [-0.39, 0.29) is 4.88 Å². The standard InChI is InChI=1S/C6H5BrF2OS/c7-4-1-5(11-2-4)6(8,9)3-10/h1-2,10H,3H2. The highest BCUT2D eigenvalue weighted by atomic mass is 79.9. The topological polar surface area (TPSA) is 20.2 Å². The van der Waals surface area contributed by atoms with Crippen molar-refractivity contribution in [3.8, 4) is 0 Å². The molecule has 5 heteroatoms. The highest BCUT2D eigenvalue weighted by Crippen LogP contribution is 2.33. The minimum absolute atomic E-state index is 0.119. The first kappa shape index (κ1) is 9.09. The van der Waals surface area contributed by atoms with E-state index in [0.717, 1.165) is 11.3 Å². The number of aliphatic hydroxyl groups excluding tert-OH is 1. The van der Waals surface area contributed by atoms with Crippen molar-refractivity contribution in [2.75, 3.05) is 6.61 Å². The molecule has 1 N–H and O–H groups in total. The molecule has 11 heavy (non-hydrogen) atoms. The molecule has 1 aromatic heterocycles. The third-order valence-electron chi connectivity index (χ3n) is 1.13. The van der Waals surface area contributed by atoms with Crippen LogP contribution in [0.5, 0.6) is 0 Å². The Kier molecular flexibility index (Phi) is 2.61. The first-order valence-electron chi connectivity index (χ1n) is 2.79. The Morgan fingerprint density at radius 2 is 2.27 bits per heavy atom. The van der Waals surface area contributed by atoms with Crippen LogP contribution in [0.25, 0.3) is 0 Å². The first-order valence-corrected chi connectivity index (χ1v) is 4.47. The SMILES string of the molecule is OCC(F)(F)c1cc(Br)cs1. The Balaban J connectivity index is 2.92. The van der Waals surface area contributed by atoms with Crippen LogP contribution in [0.1, 0.15) is 4.88 Å². The maximum atomic E-state index is 12.6. The van der Waals surface area contributed by atoms with E-state index in [4.69, 9.17) is 5.11 Å². The fourth-order valence-corrected chi connectivity index (χ4v) is 1.98. The number of rotatable bonds is 2. The summed E-state index contributed by atoms with van der Waals surface area (Å²) in [6.45, 7) is -1.14. The molecule has 0 aliphatic carbocycles. The number of halogens is 3. The van der Waals surface area contributed by atoms with Crippen LogP contribution >= 0.6 is 27.3 Å². The molecule has 0 fully saturated rings. The van der Waals surface area contributed by atoms with Crippen LogP contribution in [0.2, 0.25) is 0 Å². The van der Waals surface area contributed by atoms with E-state index in [1.807, 2.05) is 0 Å². The molecule has 0 aliphatic heterocycles. The predicted octanol–water partition coefficient (Wildman–Crippen LogP) is 2.59. The van der Waals surface area contributed by atoms with Gasteiger partial charge in [0, 0.05) is 9.85 Å². The van der Waals surface area contributed by atoms with Crippen LogP contribution in [0.15, 0.2) is 15.9 Å². The summed E-state index contributed by atoms with van der Waals surface area (Å²) in [4.78, 5) is -0.119. The Morgan fingerprint density at radius 3 is 2.64 bits per heavy atom. The van der Waals surface area contributed by atoms with Crippen molar-refractivity contribution in [3.05, 3.63) is 20.8 Å². The highest BCUT2D eigenvalue weighted by Gasteiger charge is 2.31. The summed E-state index contributed by atoms with van der Waals surface area (Å²) in [6, 6.07) is 1.31. The summed E-state index contributed by atoms with van der Waals surface area (Å²) >= 11 is 3.97. The molecule has 1 heterocycles. The number of hydrogen-bond donors (Lipinski definition) is 1. The normalized spacial score (nSPS) is 12.0. The molecule has 0 amide bonds. The monoisotopic (exact) mass is 242 g/mol. The van der Waals surface area contributed by atoms with Gasteiger partial charge in [0.1, 0.15) is 6.61 Å². The molecule has 0 bridgehead atoms. The highest BCUT2D eigenvalue weighted by molar-refractivity contribution is 9.10. The molecule has 0 unspecified atom stereocenters. The molecule has 0 spiro atoms. The molecule has 0 atom stereocenters. The lowest BCUT2D eigenvalue weighted by molar-refractivity contribution is -0.0524. The van der Waals surface area contributed by atoms with Gasteiger partial charge in [-0.3, -0.25) is 0 Å². The van der Waals surface area contributed by atoms with Crippen LogP contribution in [0.4, 0.5) is 8.78 Å². The molecular formula is C6H5BrF2OS. The summed E-state index contributed by atoms with van der Waals surface area (Å²) < 4.78 is 25.9. The Labute approximate surface area is 74.8 Å². The van der Waals surface area contributed by atoms with E-state index in [2.05, 4.69) is 15.9 Å². The van der Waals surface area contributed by atoms with Crippen molar-refractivity contribution >= 4 is 27.3 Å². The smallest absolute Gasteiger partial charge is 0.304 e. The number of hydrogen-bond acceptors (Lipinski definition) is 2. The third kappa shape index (κ3) is 1.98. The second-order valence-electron chi connectivity index (χ2n) is 1.99. The molecule has 1 nitrogen and oxygen atoms in total. The molecule has 0 aliphatic rings. The number of alkyl halides is 2. The average Bonchev–Trinajstić information content (AvgIpc) is 2.36. The Hall–Kier alpha value is -0.0000000000000000833. The van der Waals surface area contributed by atoms with Gasteiger partial charge < -0.3 is 5.11 Å². The van der Waals surface area contributed by atoms with Crippen molar-refractivity contribution in [3.63, 3.8) is 0 Å². The summed E-state index contributed by atoms with van der Waals surface area (Å²) in [7, 11) is 0. The van der Waals surface area contributed by atoms with E-state index >= 15 is 0 Å².